The first-order valence-electron chi connectivity index (χ1n) is 7.40. The van der Waals surface area contributed by atoms with Crippen molar-refractivity contribution in [1.29, 1.82) is 0 Å². The number of alkyl halides is 3. The van der Waals surface area contributed by atoms with Crippen LogP contribution in [0.2, 0.25) is 0 Å². The fraction of sp³-hybridized carbons (Fsp3) is 0.375. The molecule has 1 aromatic heterocycles. The lowest BCUT2D eigenvalue weighted by atomic mass is 10.0. The van der Waals surface area contributed by atoms with Crippen LogP contribution in [0.4, 0.5) is 19.0 Å². The van der Waals surface area contributed by atoms with Gasteiger partial charge < -0.3 is 10.0 Å². The standard InChI is InChI=1S/C16H16F3N3OS/c17-16(18,19)15(23)6-7-22(11-15)13-8-20-9-14(21-13)24-10-12-4-2-1-3-5-12/h1-5,8-9,23H,6-7,10-11H2. The number of hydrogen-bond donors (Lipinski definition) is 1. The second kappa shape index (κ2) is 6.60. The van der Waals surface area contributed by atoms with Gasteiger partial charge in [0.15, 0.2) is 5.60 Å². The number of anilines is 1. The van der Waals surface area contributed by atoms with Gasteiger partial charge in [0.2, 0.25) is 0 Å². The van der Waals surface area contributed by atoms with Crippen LogP contribution in [-0.4, -0.2) is 39.9 Å². The second-order valence-electron chi connectivity index (χ2n) is 5.69. The van der Waals surface area contributed by atoms with Gasteiger partial charge >= 0.3 is 6.18 Å². The molecule has 1 aliphatic heterocycles. The molecule has 0 amide bonds. The van der Waals surface area contributed by atoms with Crippen molar-refractivity contribution in [3.63, 3.8) is 0 Å². The Morgan fingerprint density at radius 1 is 1.21 bits per heavy atom. The Balaban J connectivity index is 1.68. The Bertz CT molecular complexity index is 698. The van der Waals surface area contributed by atoms with Crippen molar-refractivity contribution in [3.8, 4) is 0 Å². The summed E-state index contributed by atoms with van der Waals surface area (Å²) in [5, 5.41) is 10.4. The van der Waals surface area contributed by atoms with Crippen molar-refractivity contribution in [3.05, 3.63) is 48.3 Å². The molecule has 0 aliphatic carbocycles. The number of thioether (sulfide) groups is 1. The van der Waals surface area contributed by atoms with Crippen LogP contribution in [0.3, 0.4) is 0 Å². The molecule has 128 valence electrons. The molecule has 0 saturated carbocycles. The summed E-state index contributed by atoms with van der Waals surface area (Å²) < 4.78 is 38.7. The zero-order valence-electron chi connectivity index (χ0n) is 12.7. The first-order valence-corrected chi connectivity index (χ1v) is 8.39. The summed E-state index contributed by atoms with van der Waals surface area (Å²) in [6.07, 6.45) is -1.99. The van der Waals surface area contributed by atoms with Crippen molar-refractivity contribution < 1.29 is 18.3 Å². The Kier molecular flexibility index (Phi) is 4.69. The van der Waals surface area contributed by atoms with Crippen LogP contribution in [0.15, 0.2) is 47.8 Å². The maximum atomic E-state index is 12.9. The van der Waals surface area contributed by atoms with Crippen LogP contribution in [0.1, 0.15) is 12.0 Å². The number of aliphatic hydroxyl groups is 1. The number of benzene rings is 1. The summed E-state index contributed by atoms with van der Waals surface area (Å²) in [5.74, 6) is 1.05. The number of rotatable bonds is 4. The third-order valence-corrected chi connectivity index (χ3v) is 4.90. The number of β-amino-alcohol motifs (C(OH)–C–C–N with tert-alkyl or cyclic N) is 1. The highest BCUT2D eigenvalue weighted by Crippen LogP contribution is 2.38. The highest BCUT2D eigenvalue weighted by Gasteiger charge is 2.57. The molecule has 1 saturated heterocycles. The molecule has 4 nitrogen and oxygen atoms in total. The van der Waals surface area contributed by atoms with E-state index in [1.165, 1.54) is 22.9 Å². The van der Waals surface area contributed by atoms with Crippen LogP contribution in [-0.2, 0) is 5.75 Å². The maximum absolute atomic E-state index is 12.9. The lowest BCUT2D eigenvalue weighted by molar-refractivity contribution is -0.250. The van der Waals surface area contributed by atoms with Crippen molar-refractivity contribution in [2.45, 2.75) is 29.0 Å². The third-order valence-electron chi connectivity index (χ3n) is 3.93. The van der Waals surface area contributed by atoms with Crippen molar-refractivity contribution in [2.24, 2.45) is 0 Å². The second-order valence-corrected chi connectivity index (χ2v) is 6.69. The van der Waals surface area contributed by atoms with E-state index in [2.05, 4.69) is 9.97 Å². The summed E-state index contributed by atoms with van der Waals surface area (Å²) >= 11 is 1.47. The van der Waals surface area contributed by atoms with E-state index in [0.717, 1.165) is 5.56 Å². The molecule has 0 radical (unpaired) electrons. The van der Waals surface area contributed by atoms with Crippen molar-refractivity contribution >= 4 is 17.6 Å². The van der Waals surface area contributed by atoms with Gasteiger partial charge in [-0.3, -0.25) is 4.98 Å². The monoisotopic (exact) mass is 355 g/mol. The molecular weight excluding hydrogens is 339 g/mol. The smallest absolute Gasteiger partial charge is 0.379 e. The Morgan fingerprint density at radius 2 is 1.96 bits per heavy atom. The molecular formula is C16H16F3N3OS. The normalized spacial score (nSPS) is 21.2. The van der Waals surface area contributed by atoms with E-state index in [0.29, 0.717) is 16.6 Å². The highest BCUT2D eigenvalue weighted by atomic mass is 32.2. The quantitative estimate of drug-likeness (QED) is 0.853. The zero-order valence-corrected chi connectivity index (χ0v) is 13.5. The SMILES string of the molecule is OC1(C(F)(F)F)CCN(c2cncc(SCc3ccccc3)n2)C1. The van der Waals surface area contributed by atoms with E-state index >= 15 is 0 Å². The molecule has 1 aliphatic rings. The topological polar surface area (TPSA) is 49.2 Å². The summed E-state index contributed by atoms with van der Waals surface area (Å²) in [6, 6.07) is 9.81. The predicted octanol–water partition coefficient (Wildman–Crippen LogP) is 3.27. The Hall–Kier alpha value is -1.80. The lowest BCUT2D eigenvalue weighted by Crippen LogP contribution is -2.47. The van der Waals surface area contributed by atoms with Gasteiger partial charge in [-0.1, -0.05) is 30.3 Å². The van der Waals surface area contributed by atoms with Gasteiger partial charge in [-0.25, -0.2) is 4.98 Å². The van der Waals surface area contributed by atoms with E-state index in [1.807, 2.05) is 30.3 Å². The van der Waals surface area contributed by atoms with E-state index in [4.69, 9.17) is 0 Å². The molecule has 2 aromatic rings. The molecule has 1 unspecified atom stereocenters. The minimum Gasteiger partial charge on any atom is -0.379 e. The zero-order chi connectivity index (χ0) is 17.2. The Labute approximate surface area is 141 Å². The molecule has 0 bridgehead atoms. The van der Waals surface area contributed by atoms with Crippen LogP contribution in [0.25, 0.3) is 0 Å². The first-order chi connectivity index (χ1) is 11.4. The lowest BCUT2D eigenvalue weighted by Gasteiger charge is -2.26. The molecule has 0 spiro atoms. The van der Waals surface area contributed by atoms with Crippen molar-refractivity contribution in [1.82, 2.24) is 9.97 Å². The third kappa shape index (κ3) is 3.64. The largest absolute Gasteiger partial charge is 0.418 e. The van der Waals surface area contributed by atoms with Crippen LogP contribution in [0.5, 0.6) is 0 Å². The maximum Gasteiger partial charge on any atom is 0.418 e. The summed E-state index contributed by atoms with van der Waals surface area (Å²) in [4.78, 5) is 9.85. The molecule has 2 heterocycles. The summed E-state index contributed by atoms with van der Waals surface area (Å²) in [7, 11) is 0. The van der Waals surface area contributed by atoms with E-state index in [1.54, 1.807) is 6.20 Å². The van der Waals surface area contributed by atoms with E-state index in [-0.39, 0.29) is 13.0 Å². The first kappa shape index (κ1) is 17.0. The highest BCUT2D eigenvalue weighted by molar-refractivity contribution is 7.98. The van der Waals surface area contributed by atoms with Gasteiger partial charge in [0, 0.05) is 18.7 Å². The molecule has 24 heavy (non-hydrogen) atoms. The van der Waals surface area contributed by atoms with Gasteiger partial charge in [-0.05, 0) is 5.56 Å². The molecule has 1 atom stereocenters. The molecule has 1 N–H and O–H groups in total. The van der Waals surface area contributed by atoms with Crippen LogP contribution >= 0.6 is 11.8 Å². The Morgan fingerprint density at radius 3 is 2.62 bits per heavy atom. The van der Waals surface area contributed by atoms with E-state index in [9.17, 15) is 18.3 Å². The fourth-order valence-electron chi connectivity index (χ4n) is 2.51. The molecule has 1 fully saturated rings. The number of aromatic nitrogens is 2. The summed E-state index contributed by atoms with van der Waals surface area (Å²) in [5.41, 5.74) is -1.55. The summed E-state index contributed by atoms with van der Waals surface area (Å²) in [6.45, 7) is -0.421. The van der Waals surface area contributed by atoms with Gasteiger partial charge in [0.25, 0.3) is 0 Å². The fourth-order valence-corrected chi connectivity index (χ4v) is 3.31. The van der Waals surface area contributed by atoms with Crippen LogP contribution in [0, 0.1) is 0 Å². The average molecular weight is 355 g/mol. The molecule has 8 heteroatoms. The van der Waals surface area contributed by atoms with Gasteiger partial charge in [0.05, 0.1) is 18.9 Å². The minimum atomic E-state index is -4.64. The van der Waals surface area contributed by atoms with Gasteiger partial charge in [-0.15, -0.1) is 11.8 Å². The predicted molar refractivity (Wildman–Crippen MR) is 85.9 cm³/mol. The van der Waals surface area contributed by atoms with Crippen molar-refractivity contribution in [2.75, 3.05) is 18.0 Å². The number of hydrogen-bond acceptors (Lipinski definition) is 5. The number of nitrogens with zero attached hydrogens (tertiary/aromatic N) is 3. The van der Waals surface area contributed by atoms with Gasteiger partial charge in [-0.2, -0.15) is 13.2 Å². The van der Waals surface area contributed by atoms with Crippen LogP contribution < -0.4 is 4.90 Å². The van der Waals surface area contributed by atoms with Gasteiger partial charge in [0.1, 0.15) is 10.8 Å². The van der Waals surface area contributed by atoms with E-state index < -0.39 is 18.3 Å². The minimum absolute atomic E-state index is 0.0947. The molecule has 3 rings (SSSR count). The average Bonchev–Trinajstić information content (AvgIpc) is 2.98. The number of halogens is 3. The molecule has 1 aromatic carbocycles.